The number of carbonyl (C=O) groups is 1. The molecule has 0 spiro atoms. The van der Waals surface area contributed by atoms with Crippen LogP contribution in [0.4, 0.5) is 0 Å². The van der Waals surface area contributed by atoms with Crippen molar-refractivity contribution in [1.29, 1.82) is 0 Å². The maximum Gasteiger partial charge on any atom is 0.223 e. The first-order chi connectivity index (χ1) is 10.5. The lowest BCUT2D eigenvalue weighted by Gasteiger charge is -2.18. The number of phenolic OH excluding ortho intramolecular Hbond substituents is 2. The Morgan fingerprint density at radius 1 is 1.23 bits per heavy atom. The predicted octanol–water partition coefficient (Wildman–Crippen LogP) is 2.12. The number of nitrogens with one attached hydrogen (secondary N) is 1. The highest BCUT2D eigenvalue weighted by molar-refractivity contribution is 5.78. The molecule has 0 aliphatic rings. The Bertz CT molecular complexity index is 473. The summed E-state index contributed by atoms with van der Waals surface area (Å²) in [6.45, 7) is 9.88. The van der Waals surface area contributed by atoms with Crippen LogP contribution in [0.5, 0.6) is 11.5 Å². The number of rotatable bonds is 9. The lowest BCUT2D eigenvalue weighted by molar-refractivity contribution is -0.124. The second kappa shape index (κ2) is 9.30. The van der Waals surface area contributed by atoms with Crippen molar-refractivity contribution >= 4 is 5.91 Å². The number of carbonyl (C=O) groups excluding carboxylic acids is 1. The summed E-state index contributed by atoms with van der Waals surface area (Å²) in [5, 5.41) is 21.7. The number of nitrogens with zero attached hydrogens (tertiary/aromatic N) is 1. The van der Waals surface area contributed by atoms with Crippen LogP contribution in [0.25, 0.3) is 0 Å². The van der Waals surface area contributed by atoms with E-state index in [0.29, 0.717) is 13.0 Å². The lowest BCUT2D eigenvalue weighted by atomic mass is 10.00. The van der Waals surface area contributed by atoms with Gasteiger partial charge in [0.05, 0.1) is 0 Å². The zero-order valence-corrected chi connectivity index (χ0v) is 13.8. The smallest absolute Gasteiger partial charge is 0.223 e. The van der Waals surface area contributed by atoms with Gasteiger partial charge in [0.2, 0.25) is 5.91 Å². The molecule has 1 rings (SSSR count). The number of hydrogen-bond donors (Lipinski definition) is 3. The molecule has 0 heterocycles. The molecule has 124 valence electrons. The molecule has 0 saturated heterocycles. The van der Waals surface area contributed by atoms with Crippen molar-refractivity contribution in [2.75, 3.05) is 26.2 Å². The zero-order chi connectivity index (χ0) is 16.5. The van der Waals surface area contributed by atoms with E-state index in [1.54, 1.807) is 6.07 Å². The quantitative estimate of drug-likeness (QED) is 0.483. The van der Waals surface area contributed by atoms with Crippen molar-refractivity contribution in [3.8, 4) is 11.5 Å². The van der Waals surface area contributed by atoms with Crippen molar-refractivity contribution in [3.05, 3.63) is 23.8 Å². The van der Waals surface area contributed by atoms with Gasteiger partial charge in [-0.1, -0.05) is 26.8 Å². The van der Waals surface area contributed by atoms with Gasteiger partial charge in [-0.25, -0.2) is 0 Å². The Hall–Kier alpha value is -1.75. The third-order valence-electron chi connectivity index (χ3n) is 3.87. The Kier molecular flexibility index (Phi) is 7.74. The van der Waals surface area contributed by atoms with Gasteiger partial charge in [-0.15, -0.1) is 0 Å². The summed E-state index contributed by atoms with van der Waals surface area (Å²) >= 11 is 0. The molecule has 0 fully saturated rings. The molecule has 0 bridgehead atoms. The fraction of sp³-hybridized carbons (Fsp3) is 0.588. The van der Waals surface area contributed by atoms with Gasteiger partial charge < -0.3 is 20.4 Å². The maximum absolute atomic E-state index is 12.0. The average molecular weight is 308 g/mol. The Morgan fingerprint density at radius 3 is 2.50 bits per heavy atom. The van der Waals surface area contributed by atoms with Crippen LogP contribution in [0, 0.1) is 5.92 Å². The molecular weight excluding hydrogens is 280 g/mol. The highest BCUT2D eigenvalue weighted by Crippen LogP contribution is 2.26. The first-order valence-electron chi connectivity index (χ1n) is 7.98. The standard InChI is InChI=1S/C17H28N2O3/c1-4-19(5-2)10-6-9-18-17(22)13(3)11-14-7-8-15(20)16(21)12-14/h7-8,12-13,20-21H,4-6,9-11H2,1-3H3,(H,18,22). The topological polar surface area (TPSA) is 72.8 Å². The molecule has 0 radical (unpaired) electrons. The summed E-state index contributed by atoms with van der Waals surface area (Å²) in [5.74, 6) is -0.439. The highest BCUT2D eigenvalue weighted by atomic mass is 16.3. The molecule has 0 aliphatic heterocycles. The monoisotopic (exact) mass is 308 g/mol. The van der Waals surface area contributed by atoms with Crippen LogP contribution in [-0.2, 0) is 11.2 Å². The average Bonchev–Trinajstić information content (AvgIpc) is 2.50. The SMILES string of the molecule is CCN(CC)CCCNC(=O)C(C)Cc1ccc(O)c(O)c1. The van der Waals surface area contributed by atoms with E-state index in [2.05, 4.69) is 24.1 Å². The van der Waals surface area contributed by atoms with Crippen LogP contribution in [-0.4, -0.2) is 47.2 Å². The van der Waals surface area contributed by atoms with Crippen molar-refractivity contribution in [2.45, 2.75) is 33.6 Å². The highest BCUT2D eigenvalue weighted by Gasteiger charge is 2.14. The molecule has 5 heteroatoms. The van der Waals surface area contributed by atoms with Crippen molar-refractivity contribution in [3.63, 3.8) is 0 Å². The normalized spacial score (nSPS) is 12.4. The van der Waals surface area contributed by atoms with E-state index in [1.165, 1.54) is 12.1 Å². The van der Waals surface area contributed by atoms with Crippen molar-refractivity contribution in [2.24, 2.45) is 5.92 Å². The minimum absolute atomic E-state index is 0.0205. The Balaban J connectivity index is 2.34. The van der Waals surface area contributed by atoms with Gasteiger partial charge in [0, 0.05) is 12.5 Å². The molecule has 1 amide bonds. The van der Waals surface area contributed by atoms with Gasteiger partial charge in [0.25, 0.3) is 0 Å². The molecule has 3 N–H and O–H groups in total. The Labute approximate surface area is 133 Å². The number of phenols is 2. The summed E-state index contributed by atoms with van der Waals surface area (Å²) in [7, 11) is 0. The van der Waals surface area contributed by atoms with E-state index in [0.717, 1.165) is 31.6 Å². The van der Waals surface area contributed by atoms with Crippen LogP contribution < -0.4 is 5.32 Å². The molecular formula is C17H28N2O3. The van der Waals surface area contributed by atoms with Crippen molar-refractivity contribution in [1.82, 2.24) is 10.2 Å². The largest absolute Gasteiger partial charge is 0.504 e. The molecule has 22 heavy (non-hydrogen) atoms. The fourth-order valence-electron chi connectivity index (χ4n) is 2.37. The molecule has 1 aromatic carbocycles. The summed E-state index contributed by atoms with van der Waals surface area (Å²) in [6.07, 6.45) is 1.48. The molecule has 5 nitrogen and oxygen atoms in total. The summed E-state index contributed by atoms with van der Waals surface area (Å²) < 4.78 is 0. The molecule has 1 aromatic rings. The molecule has 0 aliphatic carbocycles. The maximum atomic E-state index is 12.0. The van der Waals surface area contributed by atoms with E-state index in [9.17, 15) is 15.0 Å². The second-order valence-corrected chi connectivity index (χ2v) is 5.60. The van der Waals surface area contributed by atoms with Crippen LogP contribution in [0.1, 0.15) is 32.8 Å². The van der Waals surface area contributed by atoms with E-state index in [-0.39, 0.29) is 23.3 Å². The van der Waals surface area contributed by atoms with E-state index in [1.807, 2.05) is 6.92 Å². The molecule has 1 atom stereocenters. The molecule has 0 aromatic heterocycles. The van der Waals surface area contributed by atoms with E-state index < -0.39 is 0 Å². The fourth-order valence-corrected chi connectivity index (χ4v) is 2.37. The van der Waals surface area contributed by atoms with Gasteiger partial charge >= 0.3 is 0 Å². The first kappa shape index (κ1) is 18.3. The van der Waals surface area contributed by atoms with Gasteiger partial charge in [-0.3, -0.25) is 4.79 Å². The second-order valence-electron chi connectivity index (χ2n) is 5.60. The van der Waals surface area contributed by atoms with Crippen LogP contribution in [0.2, 0.25) is 0 Å². The van der Waals surface area contributed by atoms with Gasteiger partial charge in [0.15, 0.2) is 11.5 Å². The number of hydrogen-bond acceptors (Lipinski definition) is 4. The summed E-state index contributed by atoms with van der Waals surface area (Å²) in [4.78, 5) is 14.4. The minimum Gasteiger partial charge on any atom is -0.504 e. The lowest BCUT2D eigenvalue weighted by Crippen LogP contribution is -2.33. The van der Waals surface area contributed by atoms with Crippen molar-refractivity contribution < 1.29 is 15.0 Å². The number of amides is 1. The third kappa shape index (κ3) is 5.93. The molecule has 1 unspecified atom stereocenters. The third-order valence-corrected chi connectivity index (χ3v) is 3.87. The summed E-state index contributed by atoms with van der Waals surface area (Å²) in [5.41, 5.74) is 0.834. The summed E-state index contributed by atoms with van der Waals surface area (Å²) in [6, 6.07) is 4.66. The van der Waals surface area contributed by atoms with Gasteiger partial charge in [-0.2, -0.15) is 0 Å². The first-order valence-corrected chi connectivity index (χ1v) is 7.98. The number of aromatic hydroxyl groups is 2. The Morgan fingerprint density at radius 2 is 1.91 bits per heavy atom. The van der Waals surface area contributed by atoms with E-state index >= 15 is 0 Å². The minimum atomic E-state index is -0.169. The molecule has 0 saturated carbocycles. The van der Waals surface area contributed by atoms with Crippen LogP contribution in [0.15, 0.2) is 18.2 Å². The van der Waals surface area contributed by atoms with Gasteiger partial charge in [-0.05, 0) is 50.2 Å². The van der Waals surface area contributed by atoms with Gasteiger partial charge in [0.1, 0.15) is 0 Å². The predicted molar refractivity (Wildman–Crippen MR) is 88.1 cm³/mol. The zero-order valence-electron chi connectivity index (χ0n) is 13.8. The van der Waals surface area contributed by atoms with Crippen LogP contribution in [0.3, 0.4) is 0 Å². The van der Waals surface area contributed by atoms with E-state index in [4.69, 9.17) is 0 Å². The number of benzene rings is 1. The van der Waals surface area contributed by atoms with Crippen LogP contribution >= 0.6 is 0 Å².